The van der Waals surface area contributed by atoms with Gasteiger partial charge in [0.05, 0.1) is 22.6 Å². The zero-order valence-corrected chi connectivity index (χ0v) is 30.3. The summed E-state index contributed by atoms with van der Waals surface area (Å²) in [5.74, 6) is 7.34. The topological polar surface area (TPSA) is 21.7 Å². The van der Waals surface area contributed by atoms with E-state index in [0.717, 1.165) is 51.6 Å². The van der Waals surface area contributed by atoms with E-state index in [0.29, 0.717) is 13.2 Å². The van der Waals surface area contributed by atoms with Gasteiger partial charge in [-0.3, -0.25) is 0 Å². The second-order valence-electron chi connectivity index (χ2n) is 15.3. The van der Waals surface area contributed by atoms with Crippen LogP contribution < -0.4 is 14.9 Å². The molecule has 0 amide bonds. The number of hydrogen-bond donors (Lipinski definition) is 0. The Labute approximate surface area is 278 Å². The number of hydrogen-bond acceptors (Lipinski definition) is 3. The molecule has 8 saturated carbocycles. The summed E-state index contributed by atoms with van der Waals surface area (Å²) >= 11 is 1.75. The molecule has 10 rings (SSSR count). The Morgan fingerprint density at radius 3 is 1.60 bits per heavy atom. The van der Waals surface area contributed by atoms with Crippen LogP contribution in [0, 0.1) is 41.6 Å². The van der Waals surface area contributed by atoms with Crippen LogP contribution in [0.2, 0.25) is 0 Å². The predicted molar refractivity (Wildman–Crippen MR) is 179 cm³/mol. The Balaban J connectivity index is 0.000000215. The quantitative estimate of drug-likeness (QED) is 0.115. The first-order valence-corrected chi connectivity index (χ1v) is 21.0. The number of ether oxygens (including phenoxy) is 2. The number of benzene rings is 2. The zero-order valence-electron chi connectivity index (χ0n) is 26.4. The van der Waals surface area contributed by atoms with Crippen LogP contribution in [0.25, 0.3) is 0 Å². The molecule has 8 aliphatic carbocycles. The van der Waals surface area contributed by atoms with Crippen LogP contribution in [0.15, 0.2) is 48.5 Å². The molecule has 240 valence electrons. The van der Waals surface area contributed by atoms with E-state index in [-0.39, 0.29) is 0 Å². The Morgan fingerprint density at radius 1 is 0.744 bits per heavy atom. The van der Waals surface area contributed by atoms with Crippen LogP contribution in [0.3, 0.4) is 0 Å². The van der Waals surface area contributed by atoms with Crippen LogP contribution >= 0.6 is 17.1 Å². The number of para-hydroxylation sites is 1. The second-order valence-corrected chi connectivity index (χ2v) is 18.7. The van der Waals surface area contributed by atoms with Crippen molar-refractivity contribution in [2.45, 2.75) is 87.4 Å². The molecule has 0 heterocycles. The molecule has 0 spiro atoms. The van der Waals surface area contributed by atoms with Gasteiger partial charge >= 0.3 is 29.2 Å². The van der Waals surface area contributed by atoms with Gasteiger partial charge in [0.25, 0.3) is 0 Å². The molecule has 8 fully saturated rings. The summed E-state index contributed by atoms with van der Waals surface area (Å²) in [7, 11) is 10.2. The third-order valence-corrected chi connectivity index (χ3v) is 16.3. The normalized spacial score (nSPS) is 36.7. The number of halogens is 1. The van der Waals surface area contributed by atoms with Crippen molar-refractivity contribution in [3.8, 4) is 5.75 Å². The average Bonchev–Trinajstić information content (AvgIpc) is 2.98. The van der Waals surface area contributed by atoms with Gasteiger partial charge in [-0.1, -0.05) is 12.1 Å². The van der Waals surface area contributed by atoms with Gasteiger partial charge in [0.2, 0.25) is 0 Å². The molecule has 6 heteroatoms. The minimum absolute atomic E-state index is 0.598. The van der Waals surface area contributed by atoms with Crippen LogP contribution in [0.4, 0.5) is 5.69 Å². The Bertz CT molecular complexity index is 1080. The molecule has 0 aliphatic heterocycles. The van der Waals surface area contributed by atoms with Crippen molar-refractivity contribution in [2.24, 2.45) is 35.5 Å². The van der Waals surface area contributed by atoms with Gasteiger partial charge in [-0.25, -0.2) is 0 Å². The molecule has 3 nitrogen and oxygen atoms in total. The second kappa shape index (κ2) is 14.1. The fourth-order valence-corrected chi connectivity index (χ4v) is 17.8. The first-order valence-electron chi connectivity index (χ1n) is 16.8. The van der Waals surface area contributed by atoms with Crippen molar-refractivity contribution in [1.29, 1.82) is 0 Å². The van der Waals surface area contributed by atoms with E-state index in [4.69, 9.17) is 9.47 Å². The summed E-state index contributed by atoms with van der Waals surface area (Å²) in [5, 5.41) is 3.30. The molecule has 0 saturated heterocycles. The number of nitrogens with zero attached hydrogens (tertiary/aromatic N) is 1. The first-order chi connectivity index (χ1) is 21.0. The molecule has 43 heavy (non-hydrogen) atoms. The van der Waals surface area contributed by atoms with E-state index in [2.05, 4.69) is 58.5 Å². The third kappa shape index (κ3) is 6.80. The summed E-state index contributed by atoms with van der Waals surface area (Å²) in [6.45, 7) is 1.22. The SMILES string of the molecule is CN(C)c1ccccc1[PH+](C12CC3CC(CC(C3)C1)C2)C12CC3CC(CC(C3)C1)C2.COCCOc1cc[c-]cc1.[Cl][Au]. The van der Waals surface area contributed by atoms with Crippen LogP contribution in [0.1, 0.15) is 77.0 Å². The third-order valence-electron chi connectivity index (χ3n) is 12.0. The Morgan fingerprint density at radius 2 is 1.19 bits per heavy atom. The maximum absolute atomic E-state index is 5.30. The average molecular weight is 806 g/mol. The minimum atomic E-state index is -0.626. The van der Waals surface area contributed by atoms with Crippen LogP contribution in [0.5, 0.6) is 5.75 Å². The number of anilines is 1. The van der Waals surface area contributed by atoms with Crippen molar-refractivity contribution < 1.29 is 29.5 Å². The van der Waals surface area contributed by atoms with Gasteiger partial charge in [-0.2, -0.15) is 18.2 Å². The van der Waals surface area contributed by atoms with Crippen molar-refractivity contribution in [2.75, 3.05) is 39.3 Å². The Hall–Kier alpha value is -0.540. The summed E-state index contributed by atoms with van der Waals surface area (Å²) < 4.78 is 10.1. The van der Waals surface area contributed by atoms with E-state index in [1.165, 1.54) is 0 Å². The Kier molecular flexibility index (Phi) is 10.6. The van der Waals surface area contributed by atoms with Crippen molar-refractivity contribution in [3.05, 3.63) is 54.6 Å². The molecular formula is C37H52AuClNO2P. The summed E-state index contributed by atoms with van der Waals surface area (Å²) in [4.78, 5) is 2.46. The predicted octanol–water partition coefficient (Wildman–Crippen LogP) is 8.73. The monoisotopic (exact) mass is 805 g/mol. The van der Waals surface area contributed by atoms with E-state index in [9.17, 15) is 0 Å². The summed E-state index contributed by atoms with van der Waals surface area (Å²) in [6.07, 6.45) is 19.2. The molecule has 0 unspecified atom stereocenters. The molecule has 8 aliphatic rings. The van der Waals surface area contributed by atoms with Crippen molar-refractivity contribution in [1.82, 2.24) is 0 Å². The fraction of sp³-hybridized carbons (Fsp3) is 0.676. The molecule has 0 N–H and O–H groups in total. The van der Waals surface area contributed by atoms with E-state index < -0.39 is 7.92 Å². The van der Waals surface area contributed by atoms with Gasteiger partial charge < -0.3 is 14.4 Å². The van der Waals surface area contributed by atoms with Gasteiger partial charge in [-0.05, 0) is 125 Å². The van der Waals surface area contributed by atoms with Gasteiger partial charge in [-0.15, -0.1) is 12.1 Å². The number of rotatable bonds is 8. The molecule has 8 bridgehead atoms. The standard InChI is InChI=1S/C28H40NP.C9H11O2.Au.ClH/c1-29(2)25-5-3-4-6-26(25)30(27-13-19-7-20(14-27)9-21(8-19)15-27)28-16-22-10-23(17-28)12-24(11-22)18-28;1-10-7-8-11-9-5-3-2-4-6-9;;/h3-6,19-24H,7-18H2,1-2H3;3-6H,7-8H2,1H3;;1H/q;-1;+1;. The van der Waals surface area contributed by atoms with Crippen molar-refractivity contribution in [3.63, 3.8) is 0 Å². The first kappa shape index (κ1) is 32.4. The molecule has 0 radical (unpaired) electrons. The fourth-order valence-electron chi connectivity index (χ4n) is 11.8. The van der Waals surface area contributed by atoms with Gasteiger partial charge in [0, 0.05) is 34.9 Å². The summed E-state index contributed by atoms with van der Waals surface area (Å²) in [5.41, 5.74) is 1.58. The molecule has 2 aromatic carbocycles. The summed E-state index contributed by atoms with van der Waals surface area (Å²) in [6, 6.07) is 20.1. The molecule has 0 aromatic heterocycles. The zero-order chi connectivity index (χ0) is 30.0. The maximum atomic E-state index is 5.30. The number of methoxy groups -OCH3 is 1. The van der Waals surface area contributed by atoms with E-state index in [1.807, 2.05) is 29.6 Å². The van der Waals surface area contributed by atoms with Crippen LogP contribution in [-0.4, -0.2) is 44.7 Å². The molecule has 0 atom stereocenters. The van der Waals surface area contributed by atoms with E-state index in [1.54, 1.807) is 110 Å². The molecule has 2 aromatic rings. The van der Waals surface area contributed by atoms with Gasteiger partial charge in [0.15, 0.2) is 0 Å². The van der Waals surface area contributed by atoms with E-state index >= 15 is 0 Å². The van der Waals surface area contributed by atoms with Crippen LogP contribution in [-0.2, 0) is 24.7 Å². The molecular weight excluding hydrogens is 754 g/mol. The van der Waals surface area contributed by atoms with Gasteiger partial charge in [0.1, 0.15) is 11.9 Å². The van der Waals surface area contributed by atoms with Crippen molar-refractivity contribution >= 4 is 28.1 Å².